The fourth-order valence-electron chi connectivity index (χ4n) is 1.68. The molecule has 0 aliphatic heterocycles. The van der Waals surface area contributed by atoms with E-state index in [4.69, 9.17) is 0 Å². The molecule has 0 bridgehead atoms. The van der Waals surface area contributed by atoms with Gasteiger partial charge in [0, 0.05) is 25.2 Å². The number of likely N-dealkylation sites (N-methyl/N-ethyl adjacent to an activating group) is 1. The molecule has 1 aromatic rings. The second-order valence-corrected chi connectivity index (χ2v) is 4.18. The van der Waals surface area contributed by atoms with Gasteiger partial charge in [0.15, 0.2) is 0 Å². The van der Waals surface area contributed by atoms with Crippen molar-refractivity contribution in [3.8, 4) is 0 Å². The molecule has 5 heteroatoms. The van der Waals surface area contributed by atoms with Gasteiger partial charge < -0.3 is 10.2 Å². The lowest BCUT2D eigenvalue weighted by atomic mass is 10.3. The Morgan fingerprint density at radius 3 is 2.65 bits per heavy atom. The number of nitrogens with zero attached hydrogens (tertiary/aromatic N) is 2. The zero-order valence-corrected chi connectivity index (χ0v) is 10.9. The van der Waals surface area contributed by atoms with Gasteiger partial charge in [-0.15, -0.1) is 0 Å². The summed E-state index contributed by atoms with van der Waals surface area (Å²) in [6.45, 7) is 10.3. The van der Waals surface area contributed by atoms with Crippen LogP contribution >= 0.6 is 0 Å². The lowest BCUT2D eigenvalue weighted by Gasteiger charge is -2.23. The fraction of sp³-hybridized carbons (Fsp3) is 0.667. The topological polar surface area (TPSA) is 61.0 Å². The summed E-state index contributed by atoms with van der Waals surface area (Å²) in [5.74, 6) is 0. The smallest absolute Gasteiger partial charge is 0.264 e. The molecular weight excluding hydrogens is 216 g/mol. The van der Waals surface area contributed by atoms with E-state index in [0.29, 0.717) is 12.6 Å². The molecule has 2 N–H and O–H groups in total. The van der Waals surface area contributed by atoms with Crippen molar-refractivity contribution in [2.75, 3.05) is 19.6 Å². The van der Waals surface area contributed by atoms with Gasteiger partial charge in [0.1, 0.15) is 0 Å². The molecule has 5 nitrogen and oxygen atoms in total. The van der Waals surface area contributed by atoms with Crippen LogP contribution < -0.4 is 10.9 Å². The Hall–Kier alpha value is -1.20. The maximum atomic E-state index is 10.8. The third-order valence-corrected chi connectivity index (χ3v) is 2.79. The van der Waals surface area contributed by atoms with Crippen molar-refractivity contribution in [1.82, 2.24) is 20.4 Å². The molecule has 0 amide bonds. The van der Waals surface area contributed by atoms with Crippen molar-refractivity contribution in [2.45, 2.75) is 33.4 Å². The summed E-state index contributed by atoms with van der Waals surface area (Å²) in [5.41, 5.74) is 0.695. The maximum Gasteiger partial charge on any atom is 0.264 e. The fourth-order valence-corrected chi connectivity index (χ4v) is 1.68. The van der Waals surface area contributed by atoms with Crippen molar-refractivity contribution in [2.24, 2.45) is 0 Å². The zero-order chi connectivity index (χ0) is 12.7. The number of hydrogen-bond acceptors (Lipinski definition) is 4. The Labute approximate surface area is 102 Å². The van der Waals surface area contributed by atoms with E-state index in [1.165, 1.54) is 6.07 Å². The van der Waals surface area contributed by atoms with Crippen molar-refractivity contribution >= 4 is 0 Å². The molecule has 0 aromatic carbocycles. The van der Waals surface area contributed by atoms with E-state index < -0.39 is 0 Å². The van der Waals surface area contributed by atoms with Crippen LogP contribution in [-0.4, -0.2) is 40.8 Å². The molecule has 0 spiro atoms. The van der Waals surface area contributed by atoms with Crippen LogP contribution in [0.3, 0.4) is 0 Å². The van der Waals surface area contributed by atoms with Gasteiger partial charge in [-0.05, 0) is 26.1 Å². The highest BCUT2D eigenvalue weighted by Crippen LogP contribution is 1.94. The van der Waals surface area contributed by atoms with Crippen LogP contribution in [0.15, 0.2) is 16.9 Å². The number of H-pyrrole nitrogens is 1. The van der Waals surface area contributed by atoms with Crippen LogP contribution in [0.2, 0.25) is 0 Å². The largest absolute Gasteiger partial charge is 0.307 e. The Bertz CT molecular complexity index is 353. The first kappa shape index (κ1) is 13.9. The lowest BCUT2D eigenvalue weighted by molar-refractivity contribution is 0.270. The summed E-state index contributed by atoms with van der Waals surface area (Å²) in [6.07, 6.45) is 0. The second-order valence-electron chi connectivity index (χ2n) is 4.18. The first-order valence-electron chi connectivity index (χ1n) is 6.16. The van der Waals surface area contributed by atoms with Gasteiger partial charge in [-0.3, -0.25) is 4.79 Å². The number of nitrogens with one attached hydrogen (secondary N) is 2. The lowest BCUT2D eigenvalue weighted by Crippen LogP contribution is -2.39. The summed E-state index contributed by atoms with van der Waals surface area (Å²) >= 11 is 0. The summed E-state index contributed by atoms with van der Waals surface area (Å²) in [6, 6.07) is 3.65. The highest BCUT2D eigenvalue weighted by molar-refractivity contribution is 4.99. The van der Waals surface area contributed by atoms with E-state index in [9.17, 15) is 4.79 Å². The quantitative estimate of drug-likeness (QED) is 0.730. The number of aromatic amines is 1. The van der Waals surface area contributed by atoms with Crippen LogP contribution in [0.1, 0.15) is 26.5 Å². The molecule has 0 aliphatic rings. The van der Waals surface area contributed by atoms with Crippen molar-refractivity contribution in [3.05, 3.63) is 28.2 Å². The number of rotatable bonds is 7. The van der Waals surface area contributed by atoms with Gasteiger partial charge >= 0.3 is 0 Å². The maximum absolute atomic E-state index is 10.8. The summed E-state index contributed by atoms with van der Waals surface area (Å²) in [7, 11) is 0. The average Bonchev–Trinajstić information content (AvgIpc) is 2.35. The first-order chi connectivity index (χ1) is 8.15. The molecule has 1 atom stereocenters. The van der Waals surface area contributed by atoms with Crippen LogP contribution in [0.25, 0.3) is 0 Å². The van der Waals surface area contributed by atoms with Gasteiger partial charge in [0.2, 0.25) is 0 Å². The Kier molecular flexibility index (Phi) is 5.86. The molecule has 17 heavy (non-hydrogen) atoms. The van der Waals surface area contributed by atoms with Crippen molar-refractivity contribution in [3.63, 3.8) is 0 Å². The Morgan fingerprint density at radius 1 is 1.41 bits per heavy atom. The van der Waals surface area contributed by atoms with E-state index >= 15 is 0 Å². The zero-order valence-electron chi connectivity index (χ0n) is 10.9. The minimum absolute atomic E-state index is 0.162. The van der Waals surface area contributed by atoms with E-state index in [1.807, 2.05) is 0 Å². The van der Waals surface area contributed by atoms with E-state index in [1.54, 1.807) is 6.07 Å². The van der Waals surface area contributed by atoms with E-state index in [0.717, 1.165) is 25.3 Å². The molecule has 0 saturated heterocycles. The predicted molar refractivity (Wildman–Crippen MR) is 68.9 cm³/mol. The molecule has 96 valence electrons. The highest BCUT2D eigenvalue weighted by Gasteiger charge is 2.06. The van der Waals surface area contributed by atoms with Gasteiger partial charge in [0.05, 0.1) is 5.69 Å². The highest BCUT2D eigenvalue weighted by atomic mass is 16.1. The molecule has 1 rings (SSSR count). The molecule has 1 aromatic heterocycles. The third kappa shape index (κ3) is 5.10. The Morgan fingerprint density at radius 2 is 2.12 bits per heavy atom. The second kappa shape index (κ2) is 7.19. The minimum atomic E-state index is -0.162. The molecular formula is C12H22N4O. The van der Waals surface area contributed by atoms with Gasteiger partial charge in [-0.2, -0.15) is 5.10 Å². The van der Waals surface area contributed by atoms with E-state index in [-0.39, 0.29) is 5.56 Å². The normalized spacial score (nSPS) is 12.9. The van der Waals surface area contributed by atoms with Crippen molar-refractivity contribution < 1.29 is 0 Å². The molecule has 0 aliphatic carbocycles. The molecule has 1 heterocycles. The van der Waals surface area contributed by atoms with E-state index in [2.05, 4.69) is 41.2 Å². The van der Waals surface area contributed by atoms with Crippen LogP contribution in [0.4, 0.5) is 0 Å². The van der Waals surface area contributed by atoms with Gasteiger partial charge in [-0.1, -0.05) is 13.8 Å². The first-order valence-corrected chi connectivity index (χ1v) is 6.16. The van der Waals surface area contributed by atoms with Crippen LogP contribution in [0.5, 0.6) is 0 Å². The van der Waals surface area contributed by atoms with Gasteiger partial charge in [0.25, 0.3) is 5.56 Å². The third-order valence-electron chi connectivity index (χ3n) is 2.79. The van der Waals surface area contributed by atoms with Crippen LogP contribution in [-0.2, 0) is 6.54 Å². The summed E-state index contributed by atoms with van der Waals surface area (Å²) in [4.78, 5) is 13.2. The van der Waals surface area contributed by atoms with Gasteiger partial charge in [-0.25, -0.2) is 5.10 Å². The monoisotopic (exact) mass is 238 g/mol. The summed E-state index contributed by atoms with van der Waals surface area (Å²) in [5, 5.41) is 9.78. The van der Waals surface area contributed by atoms with Crippen LogP contribution in [0, 0.1) is 0 Å². The molecule has 0 radical (unpaired) electrons. The minimum Gasteiger partial charge on any atom is -0.307 e. The Balaban J connectivity index is 2.34. The van der Waals surface area contributed by atoms with Crippen molar-refractivity contribution in [1.29, 1.82) is 0 Å². The molecule has 1 unspecified atom stereocenters. The number of aromatic nitrogens is 2. The SMILES string of the molecule is CCN(CC)CC(C)NCc1ccc(=O)[nH]n1. The molecule has 0 fully saturated rings. The predicted octanol–water partition coefficient (Wildman–Crippen LogP) is 0.590. The average molecular weight is 238 g/mol. The molecule has 0 saturated carbocycles. The number of hydrogen-bond donors (Lipinski definition) is 2. The standard InChI is InChI=1S/C12H22N4O/c1-4-16(5-2)9-10(3)13-8-11-6-7-12(17)15-14-11/h6-7,10,13H,4-5,8-9H2,1-3H3,(H,15,17). The summed E-state index contributed by atoms with van der Waals surface area (Å²) < 4.78 is 0.